The fraction of sp³-hybridized carbons (Fsp3) is 0.595. The van der Waals surface area contributed by atoms with Crippen molar-refractivity contribution in [1.82, 2.24) is 9.80 Å². The molecule has 2 heterocycles. The lowest BCUT2D eigenvalue weighted by Crippen LogP contribution is -2.51. The molecule has 1 amide bonds. The molecule has 0 radical (unpaired) electrons. The summed E-state index contributed by atoms with van der Waals surface area (Å²) in [4.78, 5) is 24.9. The number of alkyl halides is 1. The maximum atomic E-state index is 12.8. The molecule has 0 aromatic heterocycles. The first-order chi connectivity index (χ1) is 21.5. The van der Waals surface area contributed by atoms with Crippen LogP contribution < -0.4 is 0 Å². The molecule has 1 N–H and O–H groups in total. The number of halogens is 2. The third-order valence-corrected chi connectivity index (χ3v) is 6.47. The molecule has 45 heavy (non-hydrogen) atoms. The molecule has 2 aliphatic heterocycles. The van der Waals surface area contributed by atoms with Gasteiger partial charge >= 0.3 is 0 Å². The summed E-state index contributed by atoms with van der Waals surface area (Å²) in [5.74, 6) is 3.34. The van der Waals surface area contributed by atoms with Crippen LogP contribution in [0, 0.1) is 30.1 Å². The third kappa shape index (κ3) is 26.8. The maximum absolute atomic E-state index is 12.8. The zero-order chi connectivity index (χ0) is 35.6. The average Bonchev–Trinajstić information content (AvgIpc) is 3.54. The van der Waals surface area contributed by atoms with Crippen molar-refractivity contribution in [3.63, 3.8) is 0 Å². The van der Waals surface area contributed by atoms with Crippen molar-refractivity contribution in [2.45, 2.75) is 94.6 Å². The lowest BCUT2D eigenvalue weighted by atomic mass is 9.87. The summed E-state index contributed by atoms with van der Waals surface area (Å²) in [5, 5.41) is 10.1. The van der Waals surface area contributed by atoms with E-state index in [2.05, 4.69) is 65.2 Å². The number of carbonyl (C=O) groups is 1. The number of carbonyl (C=O) groups excluding carboxylic acids is 1. The van der Waals surface area contributed by atoms with Crippen molar-refractivity contribution < 1.29 is 18.7 Å². The maximum Gasteiger partial charge on any atom is 0.227 e. The summed E-state index contributed by atoms with van der Waals surface area (Å²) in [7, 11) is 0.500. The summed E-state index contributed by atoms with van der Waals surface area (Å²) in [6.45, 7) is 25.0. The molecule has 0 spiro atoms. The summed E-state index contributed by atoms with van der Waals surface area (Å²) < 4.78 is 20.8. The van der Waals surface area contributed by atoms with E-state index in [4.69, 9.17) is 0 Å². The number of rotatable bonds is 7. The van der Waals surface area contributed by atoms with E-state index < -0.39 is 0 Å². The molecule has 6 nitrogen and oxygen atoms in total. The van der Waals surface area contributed by atoms with E-state index in [1.807, 2.05) is 58.6 Å². The monoisotopic (exact) mass is 634 g/mol. The largest absolute Gasteiger partial charge is 0.392 e. The molecule has 0 bridgehead atoms. The second-order valence-electron chi connectivity index (χ2n) is 10.2. The van der Waals surface area contributed by atoms with Gasteiger partial charge in [0.05, 0.1) is 31.2 Å². The van der Waals surface area contributed by atoms with Crippen LogP contribution in [-0.2, 0) is 4.79 Å². The minimum absolute atomic E-state index is 0.00934. The Morgan fingerprint density at radius 3 is 1.89 bits per heavy atom. The van der Waals surface area contributed by atoms with Crippen LogP contribution in [0.15, 0.2) is 70.4 Å². The van der Waals surface area contributed by atoms with Gasteiger partial charge in [-0.25, -0.2) is 9.38 Å². The Morgan fingerprint density at radius 2 is 1.51 bits per heavy atom. The SMILES string of the molecule is C#CC.C/C=C(\C)F.C/C=C\C.C/C=C\C/C=C\CC.C=N/C=C(\N=C/C)N1CCC(C(=O)N2CC(C)C(O)C(C)C2)C1.CF. The normalized spacial score (nSPS) is 21.3. The zero-order valence-corrected chi connectivity index (χ0v) is 30.1. The Kier molecular flexibility index (Phi) is 38.0. The molecule has 0 aromatic rings. The first kappa shape index (κ1) is 48.6. The molecule has 2 rings (SSSR count). The highest BCUT2D eigenvalue weighted by atomic mass is 19.1. The number of nitrogens with zero attached hydrogens (tertiary/aromatic N) is 4. The van der Waals surface area contributed by atoms with Crippen molar-refractivity contribution in [1.29, 1.82) is 0 Å². The highest BCUT2D eigenvalue weighted by molar-refractivity contribution is 5.79. The highest BCUT2D eigenvalue weighted by Gasteiger charge is 2.37. The number of hydrogen-bond acceptors (Lipinski definition) is 5. The van der Waals surface area contributed by atoms with Crippen LogP contribution in [0.5, 0.6) is 0 Å². The Morgan fingerprint density at radius 1 is 1.00 bits per heavy atom. The van der Waals surface area contributed by atoms with Crippen LogP contribution in [0.1, 0.15) is 88.5 Å². The van der Waals surface area contributed by atoms with Gasteiger partial charge in [0.25, 0.3) is 0 Å². The van der Waals surface area contributed by atoms with Crippen molar-refractivity contribution in [2.24, 2.45) is 27.7 Å². The number of piperidine rings is 1. The van der Waals surface area contributed by atoms with E-state index in [0.717, 1.165) is 31.6 Å². The molecule has 2 saturated heterocycles. The fourth-order valence-corrected chi connectivity index (χ4v) is 4.04. The number of terminal acetylenes is 1. The molecular weight excluding hydrogens is 570 g/mol. The zero-order valence-electron chi connectivity index (χ0n) is 30.1. The minimum atomic E-state index is -0.314. The van der Waals surface area contributed by atoms with Crippen LogP contribution in [0.2, 0.25) is 0 Å². The van der Waals surface area contributed by atoms with Gasteiger partial charge < -0.3 is 14.9 Å². The lowest BCUT2D eigenvalue weighted by Gasteiger charge is -2.39. The van der Waals surface area contributed by atoms with Gasteiger partial charge in [-0.3, -0.25) is 14.2 Å². The van der Waals surface area contributed by atoms with Crippen LogP contribution in [-0.4, -0.2) is 73.2 Å². The first-order valence-electron chi connectivity index (χ1n) is 15.7. The Balaban J connectivity index is -0.000000312. The molecule has 8 heteroatoms. The summed E-state index contributed by atoms with van der Waals surface area (Å²) in [6.07, 6.45) is 24.7. The average molecular weight is 635 g/mol. The number of hydrogen-bond donors (Lipinski definition) is 1. The van der Waals surface area contributed by atoms with E-state index >= 15 is 0 Å². The summed E-state index contributed by atoms with van der Waals surface area (Å²) in [5.41, 5.74) is 0. The predicted molar refractivity (Wildman–Crippen MR) is 194 cm³/mol. The Bertz CT molecular complexity index is 929. The third-order valence-electron chi connectivity index (χ3n) is 6.47. The van der Waals surface area contributed by atoms with Crippen molar-refractivity contribution >= 4 is 18.8 Å². The number of likely N-dealkylation sites (tertiary alicyclic amines) is 2. The first-order valence-corrected chi connectivity index (χ1v) is 15.7. The Hall–Kier alpha value is -3.31. The second kappa shape index (κ2) is 35.2. The topological polar surface area (TPSA) is 68.5 Å². The summed E-state index contributed by atoms with van der Waals surface area (Å²) >= 11 is 0. The van der Waals surface area contributed by atoms with E-state index in [1.54, 1.807) is 26.3 Å². The van der Waals surface area contributed by atoms with Gasteiger partial charge in [0.1, 0.15) is 5.82 Å². The number of aliphatic hydroxyl groups is 1. The van der Waals surface area contributed by atoms with Gasteiger partial charge in [0.15, 0.2) is 0 Å². The van der Waals surface area contributed by atoms with E-state index in [9.17, 15) is 18.7 Å². The quantitative estimate of drug-likeness (QED) is 0.173. The van der Waals surface area contributed by atoms with E-state index in [1.165, 1.54) is 13.0 Å². The molecule has 0 aliphatic carbocycles. The molecule has 3 atom stereocenters. The van der Waals surface area contributed by atoms with E-state index in [-0.39, 0.29) is 35.6 Å². The molecule has 0 saturated carbocycles. The van der Waals surface area contributed by atoms with Gasteiger partial charge in [0, 0.05) is 32.4 Å². The number of aliphatic hydroxyl groups excluding tert-OH is 1. The van der Waals surface area contributed by atoms with E-state index in [0.29, 0.717) is 26.8 Å². The van der Waals surface area contributed by atoms with Crippen molar-refractivity contribution in [3.8, 4) is 12.3 Å². The van der Waals surface area contributed by atoms with Crippen LogP contribution in [0.3, 0.4) is 0 Å². The van der Waals surface area contributed by atoms with Crippen LogP contribution >= 0.6 is 0 Å². The van der Waals surface area contributed by atoms with Crippen LogP contribution in [0.4, 0.5) is 8.78 Å². The number of amides is 1. The lowest BCUT2D eigenvalue weighted by molar-refractivity contribution is -0.140. The standard InChI is InChI=1S/C17H28N4O2.C8H14.C4H7F.C4H8.C3H4.CH3F/c1-5-19-15(8-18-4)20-7-6-14(11-20)17(23)21-9-12(2)16(22)13(3)10-21;1-3-5-7-8-6-4-2;1-3-4(2)5;1-3-4-2;1-3-2;1-2/h5,8,12-14,16,22H,4,6-7,9-11H2,1-3H3;3,5-6,8H,4,7H2,1-2H3;3H,1-2H3;3-4H,1-2H3;1H,2H3;1H3/b15-8+,19-5-;5-3-,8-6-;4-3+;4-3-;;. The number of aliphatic imine (C=N–C) groups is 2. The predicted octanol–water partition coefficient (Wildman–Crippen LogP) is 8.98. The van der Waals surface area contributed by atoms with Gasteiger partial charge in [-0.2, -0.15) is 0 Å². The molecule has 258 valence electrons. The van der Waals surface area contributed by atoms with Crippen molar-refractivity contribution in [3.05, 3.63) is 60.4 Å². The molecule has 2 fully saturated rings. The van der Waals surface area contributed by atoms with Gasteiger partial charge in [-0.1, -0.05) is 63.3 Å². The molecule has 0 aromatic carbocycles. The molecule has 2 aliphatic rings. The van der Waals surface area contributed by atoms with Gasteiger partial charge in [-0.05, 0) is 86.3 Å². The fourth-order valence-electron chi connectivity index (χ4n) is 4.04. The minimum Gasteiger partial charge on any atom is -0.392 e. The van der Waals surface area contributed by atoms with Gasteiger partial charge in [0.2, 0.25) is 5.91 Å². The van der Waals surface area contributed by atoms with Crippen LogP contribution in [0.25, 0.3) is 0 Å². The molecule has 3 unspecified atom stereocenters. The second-order valence-corrected chi connectivity index (χ2v) is 10.2. The number of allylic oxidation sites excluding steroid dienone is 8. The smallest absolute Gasteiger partial charge is 0.227 e. The summed E-state index contributed by atoms with van der Waals surface area (Å²) in [6, 6.07) is 0. The van der Waals surface area contributed by atoms with Crippen molar-refractivity contribution in [2.75, 3.05) is 33.4 Å². The molecular formula is C37H64F2N4O2. The Labute approximate surface area is 275 Å². The highest BCUT2D eigenvalue weighted by Crippen LogP contribution is 2.27. The van der Waals surface area contributed by atoms with Gasteiger partial charge in [-0.15, -0.1) is 12.3 Å².